The predicted octanol–water partition coefficient (Wildman–Crippen LogP) is 2.60. The monoisotopic (exact) mass is 280 g/mol. The average Bonchev–Trinajstić information content (AvgIpc) is 2.43. The SMILES string of the molecule is COCCC(C)Oc1ccc(/C=C/C(=O)O)cc1OC. The number of carboxylic acids is 1. The number of hydrogen-bond acceptors (Lipinski definition) is 4. The van der Waals surface area contributed by atoms with Crippen LogP contribution >= 0.6 is 0 Å². The van der Waals surface area contributed by atoms with Crippen molar-refractivity contribution in [2.75, 3.05) is 20.8 Å². The molecule has 1 atom stereocenters. The van der Waals surface area contributed by atoms with Gasteiger partial charge in [0.15, 0.2) is 11.5 Å². The molecule has 0 amide bonds. The van der Waals surface area contributed by atoms with Crippen LogP contribution in [0.15, 0.2) is 24.3 Å². The van der Waals surface area contributed by atoms with Crippen molar-refractivity contribution < 1.29 is 24.1 Å². The van der Waals surface area contributed by atoms with E-state index in [-0.39, 0.29) is 6.10 Å². The van der Waals surface area contributed by atoms with E-state index in [9.17, 15) is 4.79 Å². The maximum Gasteiger partial charge on any atom is 0.328 e. The molecule has 0 aliphatic carbocycles. The van der Waals surface area contributed by atoms with Crippen molar-refractivity contribution in [3.05, 3.63) is 29.8 Å². The summed E-state index contributed by atoms with van der Waals surface area (Å²) < 4.78 is 16.0. The molecule has 0 aromatic heterocycles. The minimum atomic E-state index is -0.988. The number of ether oxygens (including phenoxy) is 3. The molecule has 0 radical (unpaired) electrons. The maximum atomic E-state index is 10.5. The van der Waals surface area contributed by atoms with E-state index in [2.05, 4.69) is 0 Å². The highest BCUT2D eigenvalue weighted by Gasteiger charge is 2.09. The fourth-order valence-corrected chi connectivity index (χ4v) is 1.61. The summed E-state index contributed by atoms with van der Waals surface area (Å²) in [5, 5.41) is 8.60. The van der Waals surface area contributed by atoms with Crippen LogP contribution in [0.1, 0.15) is 18.9 Å². The van der Waals surface area contributed by atoms with Gasteiger partial charge in [0.25, 0.3) is 0 Å². The predicted molar refractivity (Wildman–Crippen MR) is 76.2 cm³/mol. The molecule has 0 aliphatic rings. The summed E-state index contributed by atoms with van der Waals surface area (Å²) in [7, 11) is 3.20. The average molecular weight is 280 g/mol. The minimum absolute atomic E-state index is 0.00395. The number of carbonyl (C=O) groups is 1. The Labute approximate surface area is 118 Å². The first-order valence-electron chi connectivity index (χ1n) is 6.31. The van der Waals surface area contributed by atoms with Crippen molar-refractivity contribution in [1.29, 1.82) is 0 Å². The molecule has 110 valence electrons. The van der Waals surface area contributed by atoms with E-state index in [1.807, 2.05) is 6.92 Å². The van der Waals surface area contributed by atoms with Crippen molar-refractivity contribution in [1.82, 2.24) is 0 Å². The van der Waals surface area contributed by atoms with Gasteiger partial charge in [-0.3, -0.25) is 0 Å². The van der Waals surface area contributed by atoms with Gasteiger partial charge in [-0.15, -0.1) is 0 Å². The van der Waals surface area contributed by atoms with E-state index in [0.717, 1.165) is 18.1 Å². The van der Waals surface area contributed by atoms with Gasteiger partial charge in [-0.2, -0.15) is 0 Å². The Balaban J connectivity index is 2.79. The Bertz CT molecular complexity index is 467. The van der Waals surface area contributed by atoms with Crippen molar-refractivity contribution in [2.45, 2.75) is 19.4 Å². The summed E-state index contributed by atoms with van der Waals surface area (Å²) in [6.07, 6.45) is 3.36. The molecular weight excluding hydrogens is 260 g/mol. The molecule has 0 heterocycles. The van der Waals surface area contributed by atoms with Crippen LogP contribution in [0, 0.1) is 0 Å². The van der Waals surface area contributed by atoms with E-state index in [1.54, 1.807) is 32.4 Å². The van der Waals surface area contributed by atoms with Gasteiger partial charge < -0.3 is 19.3 Å². The lowest BCUT2D eigenvalue weighted by Gasteiger charge is -2.17. The first-order valence-corrected chi connectivity index (χ1v) is 6.31. The minimum Gasteiger partial charge on any atom is -0.493 e. The highest BCUT2D eigenvalue weighted by Crippen LogP contribution is 2.29. The second-order valence-electron chi connectivity index (χ2n) is 4.29. The summed E-state index contributed by atoms with van der Waals surface area (Å²) in [6, 6.07) is 5.28. The number of rotatable bonds is 8. The van der Waals surface area contributed by atoms with Crippen molar-refractivity contribution in [2.24, 2.45) is 0 Å². The van der Waals surface area contributed by atoms with Crippen LogP contribution in [0.4, 0.5) is 0 Å². The molecule has 0 saturated carbocycles. The fraction of sp³-hybridized carbons (Fsp3) is 0.400. The first-order chi connectivity index (χ1) is 9.56. The van der Waals surface area contributed by atoms with E-state index >= 15 is 0 Å². The number of hydrogen-bond donors (Lipinski definition) is 1. The zero-order valence-electron chi connectivity index (χ0n) is 12.0. The Kier molecular flexibility index (Phi) is 6.59. The zero-order valence-corrected chi connectivity index (χ0v) is 12.0. The van der Waals surface area contributed by atoms with Crippen LogP contribution < -0.4 is 9.47 Å². The zero-order chi connectivity index (χ0) is 15.0. The second kappa shape index (κ2) is 8.22. The van der Waals surface area contributed by atoms with Crippen molar-refractivity contribution in [3.8, 4) is 11.5 Å². The molecule has 1 unspecified atom stereocenters. The third kappa shape index (κ3) is 5.32. The molecule has 20 heavy (non-hydrogen) atoms. The van der Waals surface area contributed by atoms with E-state index in [4.69, 9.17) is 19.3 Å². The van der Waals surface area contributed by atoms with Crippen LogP contribution in [0.2, 0.25) is 0 Å². The summed E-state index contributed by atoms with van der Waals surface area (Å²) in [5.74, 6) is 0.211. The van der Waals surface area contributed by atoms with Crippen LogP contribution in [0.3, 0.4) is 0 Å². The quantitative estimate of drug-likeness (QED) is 0.741. The smallest absolute Gasteiger partial charge is 0.328 e. The molecule has 0 bridgehead atoms. The van der Waals surface area contributed by atoms with Gasteiger partial charge in [0.2, 0.25) is 0 Å². The lowest BCUT2D eigenvalue weighted by atomic mass is 10.2. The van der Waals surface area contributed by atoms with Gasteiger partial charge >= 0.3 is 5.97 Å². The van der Waals surface area contributed by atoms with Gasteiger partial charge in [0.05, 0.1) is 13.2 Å². The molecule has 5 heteroatoms. The standard InChI is InChI=1S/C15H20O5/c1-11(8-9-18-2)20-13-6-4-12(5-7-15(16)17)10-14(13)19-3/h4-7,10-11H,8-9H2,1-3H3,(H,16,17)/b7-5+. The summed E-state index contributed by atoms with van der Waals surface area (Å²) in [6.45, 7) is 2.58. The van der Waals surface area contributed by atoms with Crippen LogP contribution in [-0.2, 0) is 9.53 Å². The number of carboxylic acid groups (broad SMARTS) is 1. The van der Waals surface area contributed by atoms with Gasteiger partial charge in [-0.25, -0.2) is 4.79 Å². The number of methoxy groups -OCH3 is 2. The summed E-state index contributed by atoms with van der Waals surface area (Å²) in [5.41, 5.74) is 0.737. The molecule has 1 aromatic carbocycles. The van der Waals surface area contributed by atoms with E-state index in [0.29, 0.717) is 18.1 Å². The van der Waals surface area contributed by atoms with Crippen LogP contribution in [0.5, 0.6) is 11.5 Å². The summed E-state index contributed by atoms with van der Waals surface area (Å²) >= 11 is 0. The highest BCUT2D eigenvalue weighted by molar-refractivity contribution is 5.85. The molecule has 1 aromatic rings. The Morgan fingerprint density at radius 1 is 1.35 bits per heavy atom. The highest BCUT2D eigenvalue weighted by atomic mass is 16.5. The molecular formula is C15H20O5. The van der Waals surface area contributed by atoms with Crippen molar-refractivity contribution in [3.63, 3.8) is 0 Å². The van der Waals surface area contributed by atoms with E-state index < -0.39 is 5.97 Å². The molecule has 5 nitrogen and oxygen atoms in total. The first kappa shape index (κ1) is 16.0. The topological polar surface area (TPSA) is 65.0 Å². The third-order valence-electron chi connectivity index (χ3n) is 2.66. The van der Waals surface area contributed by atoms with Gasteiger partial charge in [0.1, 0.15) is 0 Å². The molecule has 0 fully saturated rings. The Morgan fingerprint density at radius 3 is 2.70 bits per heavy atom. The second-order valence-corrected chi connectivity index (χ2v) is 4.29. The van der Waals surface area contributed by atoms with Gasteiger partial charge in [0, 0.05) is 26.2 Å². The van der Waals surface area contributed by atoms with Gasteiger partial charge in [-0.1, -0.05) is 6.07 Å². The molecule has 0 saturated heterocycles. The summed E-state index contributed by atoms with van der Waals surface area (Å²) in [4.78, 5) is 10.5. The molecule has 1 rings (SSSR count). The van der Waals surface area contributed by atoms with E-state index in [1.165, 1.54) is 6.08 Å². The molecule has 0 aliphatic heterocycles. The molecule has 0 spiro atoms. The molecule has 1 N–H and O–H groups in total. The Morgan fingerprint density at radius 2 is 2.10 bits per heavy atom. The number of aliphatic carboxylic acids is 1. The normalized spacial score (nSPS) is 12.3. The number of benzene rings is 1. The largest absolute Gasteiger partial charge is 0.493 e. The lowest BCUT2D eigenvalue weighted by molar-refractivity contribution is -0.131. The van der Waals surface area contributed by atoms with Crippen LogP contribution in [0.25, 0.3) is 6.08 Å². The van der Waals surface area contributed by atoms with Crippen LogP contribution in [-0.4, -0.2) is 38.0 Å². The maximum absolute atomic E-state index is 10.5. The van der Waals surface area contributed by atoms with Crippen molar-refractivity contribution >= 4 is 12.0 Å². The fourth-order valence-electron chi connectivity index (χ4n) is 1.61. The van der Waals surface area contributed by atoms with Gasteiger partial charge in [-0.05, 0) is 30.7 Å². The Hall–Kier alpha value is -2.01. The lowest BCUT2D eigenvalue weighted by Crippen LogP contribution is -2.14. The third-order valence-corrected chi connectivity index (χ3v) is 2.66.